The third kappa shape index (κ3) is 5.00. The molecule has 1 aromatic carbocycles. The number of nitrogens with zero attached hydrogens (tertiary/aromatic N) is 2. The topological polar surface area (TPSA) is 85.3 Å². The first-order valence-electron chi connectivity index (χ1n) is 9.67. The quantitative estimate of drug-likeness (QED) is 0.727. The van der Waals surface area contributed by atoms with E-state index in [-0.39, 0.29) is 17.6 Å². The van der Waals surface area contributed by atoms with Gasteiger partial charge in [-0.05, 0) is 44.9 Å². The summed E-state index contributed by atoms with van der Waals surface area (Å²) in [5.41, 5.74) is 4.16. The van der Waals surface area contributed by atoms with Crippen LogP contribution in [0.25, 0.3) is 0 Å². The number of carbonyl (C=O) groups excluding carboxylic acids is 2. The summed E-state index contributed by atoms with van der Waals surface area (Å²) in [5.74, 6) is 0.518. The van der Waals surface area contributed by atoms with E-state index < -0.39 is 0 Å². The Morgan fingerprint density at radius 2 is 2.03 bits per heavy atom. The summed E-state index contributed by atoms with van der Waals surface area (Å²) in [5, 5.41) is 11.9. The van der Waals surface area contributed by atoms with Crippen molar-refractivity contribution in [3.05, 3.63) is 57.9 Å². The number of anilines is 1. The van der Waals surface area contributed by atoms with Crippen LogP contribution < -0.4 is 10.6 Å². The van der Waals surface area contributed by atoms with Crippen LogP contribution in [-0.2, 0) is 22.5 Å². The number of aryl methyl sites for hydroxylation is 2. The van der Waals surface area contributed by atoms with Crippen LogP contribution in [0.4, 0.5) is 5.69 Å². The summed E-state index contributed by atoms with van der Waals surface area (Å²) in [6, 6.07) is 6.96. The number of aromatic nitrogens is 2. The molecule has 0 atom stereocenters. The molecule has 0 bridgehead atoms. The largest absolute Gasteiger partial charge is 0.487 e. The summed E-state index contributed by atoms with van der Waals surface area (Å²) < 4.78 is 7.35. The van der Waals surface area contributed by atoms with Gasteiger partial charge in [0.05, 0.1) is 23.6 Å². The van der Waals surface area contributed by atoms with Crippen molar-refractivity contribution in [1.82, 2.24) is 15.1 Å². The zero-order valence-corrected chi connectivity index (χ0v) is 17.8. The molecule has 1 aromatic heterocycles. The Labute approximate surface area is 174 Å². The number of rotatable bonds is 7. The molecule has 3 rings (SSSR count). The first kappa shape index (κ1) is 21.0. The SMILES string of the molecule is CCn1nc(C)c(CCNC(=O)c2ccccc2NC(=O)C2=CSCCO2)c1C. The number of nitrogens with one attached hydrogen (secondary N) is 2. The van der Waals surface area contributed by atoms with Gasteiger partial charge in [0.25, 0.3) is 11.8 Å². The lowest BCUT2D eigenvalue weighted by Gasteiger charge is -2.15. The lowest BCUT2D eigenvalue weighted by atomic mass is 10.1. The molecule has 0 aliphatic carbocycles. The Morgan fingerprint density at radius 3 is 2.72 bits per heavy atom. The molecule has 0 unspecified atom stereocenters. The lowest BCUT2D eigenvalue weighted by Crippen LogP contribution is -2.28. The molecule has 29 heavy (non-hydrogen) atoms. The van der Waals surface area contributed by atoms with Crippen molar-refractivity contribution in [2.24, 2.45) is 0 Å². The summed E-state index contributed by atoms with van der Waals surface area (Å²) in [6.07, 6.45) is 0.704. The van der Waals surface area contributed by atoms with Crippen molar-refractivity contribution in [3.63, 3.8) is 0 Å². The normalized spacial score (nSPS) is 13.4. The van der Waals surface area contributed by atoms with Gasteiger partial charge in [-0.15, -0.1) is 11.8 Å². The van der Waals surface area contributed by atoms with Crippen molar-refractivity contribution in [1.29, 1.82) is 0 Å². The third-order valence-corrected chi connectivity index (χ3v) is 5.57. The summed E-state index contributed by atoms with van der Waals surface area (Å²) in [7, 11) is 0. The van der Waals surface area contributed by atoms with Crippen LogP contribution in [0.3, 0.4) is 0 Å². The summed E-state index contributed by atoms with van der Waals surface area (Å²) >= 11 is 1.53. The molecular weight excluding hydrogens is 388 g/mol. The minimum atomic E-state index is -0.351. The number of amides is 2. The second kappa shape index (κ2) is 9.65. The molecular formula is C21H26N4O3S. The molecule has 0 saturated heterocycles. The molecule has 2 N–H and O–H groups in total. The number of para-hydroxylation sites is 1. The Kier molecular flexibility index (Phi) is 6.98. The van der Waals surface area contributed by atoms with Crippen LogP contribution in [0.2, 0.25) is 0 Å². The van der Waals surface area contributed by atoms with Gasteiger partial charge in [-0.2, -0.15) is 5.10 Å². The van der Waals surface area contributed by atoms with Crippen molar-refractivity contribution in [2.75, 3.05) is 24.2 Å². The fourth-order valence-electron chi connectivity index (χ4n) is 3.26. The van der Waals surface area contributed by atoms with Gasteiger partial charge in [0.2, 0.25) is 0 Å². The van der Waals surface area contributed by atoms with Crippen molar-refractivity contribution in [3.8, 4) is 0 Å². The average Bonchev–Trinajstić information content (AvgIpc) is 3.02. The highest BCUT2D eigenvalue weighted by molar-refractivity contribution is 8.02. The van der Waals surface area contributed by atoms with E-state index in [1.54, 1.807) is 29.7 Å². The maximum Gasteiger partial charge on any atom is 0.291 e. The molecule has 2 heterocycles. The van der Waals surface area contributed by atoms with Gasteiger partial charge >= 0.3 is 0 Å². The zero-order valence-electron chi connectivity index (χ0n) is 16.9. The van der Waals surface area contributed by atoms with Crippen LogP contribution in [-0.4, -0.2) is 40.5 Å². The molecule has 1 aliphatic rings. The number of hydrogen-bond donors (Lipinski definition) is 2. The number of benzene rings is 1. The maximum absolute atomic E-state index is 12.7. The third-order valence-electron chi connectivity index (χ3n) is 4.78. The summed E-state index contributed by atoms with van der Waals surface area (Å²) in [6.45, 7) is 7.91. The fourth-order valence-corrected chi connectivity index (χ4v) is 3.89. The van der Waals surface area contributed by atoms with Gasteiger partial charge in [0.1, 0.15) is 0 Å². The number of hydrogen-bond acceptors (Lipinski definition) is 5. The predicted molar refractivity (Wildman–Crippen MR) is 115 cm³/mol. The standard InChI is InChI=1S/C21H26N4O3S/c1-4-25-15(3)16(14(2)24-25)9-10-22-20(26)17-7-5-6-8-18(17)23-21(27)19-13-29-12-11-28-19/h5-8,13H,4,9-12H2,1-3H3,(H,22,26)(H,23,27). The van der Waals surface area contributed by atoms with Crippen LogP contribution >= 0.6 is 11.8 Å². The van der Waals surface area contributed by atoms with E-state index in [4.69, 9.17) is 4.74 Å². The van der Waals surface area contributed by atoms with Crippen LogP contribution in [0.1, 0.15) is 34.2 Å². The van der Waals surface area contributed by atoms with Gasteiger partial charge in [-0.1, -0.05) is 12.1 Å². The molecule has 0 radical (unpaired) electrons. The average molecular weight is 415 g/mol. The molecule has 0 fully saturated rings. The number of ether oxygens (including phenoxy) is 1. The fraction of sp³-hybridized carbons (Fsp3) is 0.381. The second-order valence-corrected chi connectivity index (χ2v) is 7.65. The van der Waals surface area contributed by atoms with E-state index in [1.165, 1.54) is 11.8 Å². The van der Waals surface area contributed by atoms with E-state index in [0.29, 0.717) is 30.8 Å². The zero-order chi connectivity index (χ0) is 20.8. The van der Waals surface area contributed by atoms with Crippen LogP contribution in [0.5, 0.6) is 0 Å². The van der Waals surface area contributed by atoms with E-state index in [2.05, 4.69) is 22.7 Å². The molecule has 0 saturated carbocycles. The van der Waals surface area contributed by atoms with Gasteiger partial charge < -0.3 is 15.4 Å². The van der Waals surface area contributed by atoms with E-state index >= 15 is 0 Å². The van der Waals surface area contributed by atoms with Gasteiger partial charge in [0, 0.05) is 29.9 Å². The highest BCUT2D eigenvalue weighted by atomic mass is 32.2. The van der Waals surface area contributed by atoms with Crippen molar-refractivity contribution in [2.45, 2.75) is 33.7 Å². The first-order chi connectivity index (χ1) is 14.0. The molecule has 2 aromatic rings. The minimum absolute atomic E-state index is 0.230. The second-order valence-electron chi connectivity index (χ2n) is 6.67. The maximum atomic E-state index is 12.7. The monoisotopic (exact) mass is 414 g/mol. The van der Waals surface area contributed by atoms with E-state index in [0.717, 1.165) is 29.2 Å². The van der Waals surface area contributed by atoms with Crippen LogP contribution in [0.15, 0.2) is 35.4 Å². The minimum Gasteiger partial charge on any atom is -0.487 e. The number of carbonyl (C=O) groups is 2. The van der Waals surface area contributed by atoms with Gasteiger partial charge in [0.15, 0.2) is 5.76 Å². The smallest absolute Gasteiger partial charge is 0.291 e. The van der Waals surface area contributed by atoms with Gasteiger partial charge in [-0.3, -0.25) is 14.3 Å². The van der Waals surface area contributed by atoms with Crippen LogP contribution in [0, 0.1) is 13.8 Å². The predicted octanol–water partition coefficient (Wildman–Crippen LogP) is 3.04. The molecule has 8 heteroatoms. The molecule has 2 amide bonds. The number of thioether (sulfide) groups is 1. The lowest BCUT2D eigenvalue weighted by molar-refractivity contribution is -0.116. The first-order valence-corrected chi connectivity index (χ1v) is 10.7. The summed E-state index contributed by atoms with van der Waals surface area (Å²) in [4.78, 5) is 25.1. The highest BCUT2D eigenvalue weighted by Gasteiger charge is 2.18. The Hall–Kier alpha value is -2.74. The molecule has 1 aliphatic heterocycles. The highest BCUT2D eigenvalue weighted by Crippen LogP contribution is 2.20. The molecule has 0 spiro atoms. The van der Waals surface area contributed by atoms with Crippen molar-refractivity contribution >= 4 is 29.3 Å². The molecule has 7 nitrogen and oxygen atoms in total. The Bertz CT molecular complexity index is 936. The Balaban J connectivity index is 1.63. The van der Waals surface area contributed by atoms with E-state index in [1.807, 2.05) is 18.5 Å². The van der Waals surface area contributed by atoms with E-state index in [9.17, 15) is 9.59 Å². The molecule has 154 valence electrons. The van der Waals surface area contributed by atoms with Crippen molar-refractivity contribution < 1.29 is 14.3 Å². The van der Waals surface area contributed by atoms with Gasteiger partial charge in [-0.25, -0.2) is 0 Å². The Morgan fingerprint density at radius 1 is 1.24 bits per heavy atom.